The number of ether oxygens (including phenoxy) is 2. The first-order chi connectivity index (χ1) is 13.0. The molecule has 0 aliphatic carbocycles. The van der Waals surface area contributed by atoms with E-state index >= 15 is 0 Å². The summed E-state index contributed by atoms with van der Waals surface area (Å²) in [6.45, 7) is 4.31. The molecule has 1 fully saturated rings. The van der Waals surface area contributed by atoms with Crippen LogP contribution >= 0.6 is 11.6 Å². The Bertz CT molecular complexity index is 825. The van der Waals surface area contributed by atoms with E-state index in [9.17, 15) is 4.79 Å². The summed E-state index contributed by atoms with van der Waals surface area (Å²) in [5.74, 6) is 2.44. The van der Waals surface area contributed by atoms with Crippen molar-refractivity contribution in [1.29, 1.82) is 0 Å². The third kappa shape index (κ3) is 4.33. The first-order valence-corrected chi connectivity index (χ1v) is 8.91. The number of benzene rings is 1. The van der Waals surface area contributed by atoms with Crippen molar-refractivity contribution >= 4 is 35.0 Å². The van der Waals surface area contributed by atoms with Crippen molar-refractivity contribution < 1.29 is 14.3 Å². The second-order valence-corrected chi connectivity index (χ2v) is 6.45. The highest BCUT2D eigenvalue weighted by molar-refractivity contribution is 6.32. The maximum Gasteiger partial charge on any atom is 0.227 e. The molecule has 1 aliphatic heterocycles. The molecule has 1 amide bonds. The van der Waals surface area contributed by atoms with Gasteiger partial charge in [-0.2, -0.15) is 4.98 Å². The highest BCUT2D eigenvalue weighted by Crippen LogP contribution is 2.37. The number of hydrogen-bond acceptors (Lipinski definition) is 7. The number of halogens is 1. The molecule has 144 valence electrons. The van der Waals surface area contributed by atoms with Crippen molar-refractivity contribution in [3.8, 4) is 11.5 Å². The van der Waals surface area contributed by atoms with E-state index in [0.29, 0.717) is 60.2 Å². The summed E-state index contributed by atoms with van der Waals surface area (Å²) in [6.07, 6.45) is 1.70. The Morgan fingerprint density at radius 1 is 1.15 bits per heavy atom. The van der Waals surface area contributed by atoms with Crippen molar-refractivity contribution in [3.63, 3.8) is 0 Å². The van der Waals surface area contributed by atoms with Gasteiger partial charge in [0.15, 0.2) is 0 Å². The number of nitrogens with zero attached hydrogens (tertiary/aromatic N) is 4. The Balaban J connectivity index is 1.78. The van der Waals surface area contributed by atoms with E-state index in [1.807, 2.05) is 4.90 Å². The molecule has 0 radical (unpaired) electrons. The van der Waals surface area contributed by atoms with E-state index in [-0.39, 0.29) is 5.91 Å². The second-order valence-electron chi connectivity index (χ2n) is 6.05. The predicted octanol–water partition coefficient (Wildman–Crippen LogP) is 2.56. The molecule has 1 N–H and O–H groups in total. The molecule has 0 bridgehead atoms. The zero-order valence-corrected chi connectivity index (χ0v) is 16.3. The number of methoxy groups -OCH3 is 2. The number of amides is 1. The summed E-state index contributed by atoms with van der Waals surface area (Å²) >= 11 is 6.15. The van der Waals surface area contributed by atoms with Crippen LogP contribution in [0.2, 0.25) is 5.02 Å². The molecule has 8 nitrogen and oxygen atoms in total. The third-order valence-electron chi connectivity index (χ3n) is 4.39. The summed E-state index contributed by atoms with van der Waals surface area (Å²) in [7, 11) is 3.13. The number of rotatable bonds is 5. The molecule has 0 saturated carbocycles. The smallest absolute Gasteiger partial charge is 0.227 e. The van der Waals surface area contributed by atoms with Crippen LogP contribution in [0.4, 0.5) is 17.5 Å². The summed E-state index contributed by atoms with van der Waals surface area (Å²) in [5, 5.41) is 3.69. The second kappa shape index (κ2) is 8.30. The molecular formula is C18H22ClN5O3. The lowest BCUT2D eigenvalue weighted by molar-refractivity contribution is -0.129. The van der Waals surface area contributed by atoms with Gasteiger partial charge in [0, 0.05) is 51.4 Å². The van der Waals surface area contributed by atoms with E-state index < -0.39 is 0 Å². The van der Waals surface area contributed by atoms with Gasteiger partial charge in [-0.15, -0.1) is 0 Å². The van der Waals surface area contributed by atoms with Crippen molar-refractivity contribution in [3.05, 3.63) is 29.4 Å². The Labute approximate surface area is 163 Å². The molecule has 1 aromatic heterocycles. The molecular weight excluding hydrogens is 370 g/mol. The van der Waals surface area contributed by atoms with Gasteiger partial charge in [0.05, 0.1) is 24.9 Å². The fraction of sp³-hybridized carbons (Fsp3) is 0.389. The molecule has 9 heteroatoms. The normalized spacial score (nSPS) is 14.1. The van der Waals surface area contributed by atoms with Gasteiger partial charge in [-0.3, -0.25) is 4.79 Å². The number of aromatic nitrogens is 2. The average Bonchev–Trinajstić information content (AvgIpc) is 2.69. The van der Waals surface area contributed by atoms with Crippen LogP contribution in [0.15, 0.2) is 24.4 Å². The monoisotopic (exact) mass is 391 g/mol. The lowest BCUT2D eigenvalue weighted by Gasteiger charge is -2.34. The highest BCUT2D eigenvalue weighted by atomic mass is 35.5. The average molecular weight is 392 g/mol. The molecule has 27 heavy (non-hydrogen) atoms. The molecule has 0 atom stereocenters. The number of carbonyl (C=O) groups is 1. The molecule has 2 aromatic rings. The van der Waals surface area contributed by atoms with Crippen molar-refractivity contribution in [2.24, 2.45) is 0 Å². The predicted molar refractivity (Wildman–Crippen MR) is 104 cm³/mol. The summed E-state index contributed by atoms with van der Waals surface area (Å²) in [5.41, 5.74) is 0.685. The summed E-state index contributed by atoms with van der Waals surface area (Å²) in [4.78, 5) is 24.3. The Morgan fingerprint density at radius 2 is 1.85 bits per heavy atom. The van der Waals surface area contributed by atoms with Crippen LogP contribution in [0.3, 0.4) is 0 Å². The van der Waals surface area contributed by atoms with Crippen molar-refractivity contribution in [1.82, 2.24) is 14.9 Å². The highest BCUT2D eigenvalue weighted by Gasteiger charge is 2.20. The Hall–Kier alpha value is -2.74. The van der Waals surface area contributed by atoms with Gasteiger partial charge in [0.25, 0.3) is 0 Å². The first-order valence-electron chi connectivity index (χ1n) is 8.54. The Kier molecular flexibility index (Phi) is 5.85. The van der Waals surface area contributed by atoms with E-state index in [1.165, 1.54) is 0 Å². The fourth-order valence-electron chi connectivity index (χ4n) is 2.89. The van der Waals surface area contributed by atoms with Crippen LogP contribution in [0.1, 0.15) is 6.92 Å². The molecule has 2 heterocycles. The van der Waals surface area contributed by atoms with Gasteiger partial charge in [0.2, 0.25) is 11.9 Å². The fourth-order valence-corrected chi connectivity index (χ4v) is 3.12. The van der Waals surface area contributed by atoms with Crippen LogP contribution in [0.25, 0.3) is 0 Å². The number of piperazine rings is 1. The first kappa shape index (κ1) is 19.0. The molecule has 1 aromatic carbocycles. The van der Waals surface area contributed by atoms with Crippen LogP contribution < -0.4 is 19.7 Å². The van der Waals surface area contributed by atoms with Gasteiger partial charge >= 0.3 is 0 Å². The van der Waals surface area contributed by atoms with Gasteiger partial charge in [-0.05, 0) is 6.07 Å². The lowest BCUT2D eigenvalue weighted by atomic mass is 10.2. The maximum absolute atomic E-state index is 11.5. The van der Waals surface area contributed by atoms with Crippen molar-refractivity contribution in [2.45, 2.75) is 6.92 Å². The van der Waals surface area contributed by atoms with E-state index in [4.69, 9.17) is 21.1 Å². The molecule has 1 aliphatic rings. The van der Waals surface area contributed by atoms with E-state index in [2.05, 4.69) is 20.2 Å². The molecule has 3 rings (SSSR count). The van der Waals surface area contributed by atoms with Gasteiger partial charge in [0.1, 0.15) is 17.3 Å². The third-order valence-corrected chi connectivity index (χ3v) is 4.68. The van der Waals surface area contributed by atoms with Gasteiger partial charge in [-0.1, -0.05) is 11.6 Å². The van der Waals surface area contributed by atoms with Gasteiger partial charge < -0.3 is 24.6 Å². The van der Waals surface area contributed by atoms with Crippen molar-refractivity contribution in [2.75, 3.05) is 50.6 Å². The Morgan fingerprint density at radius 3 is 2.48 bits per heavy atom. The maximum atomic E-state index is 11.5. The van der Waals surface area contributed by atoms with Crippen LogP contribution in [-0.4, -0.2) is 61.2 Å². The zero-order chi connectivity index (χ0) is 19.4. The lowest BCUT2D eigenvalue weighted by Crippen LogP contribution is -2.48. The quantitative estimate of drug-likeness (QED) is 0.838. The standard InChI is InChI=1S/C18H22ClN5O3/c1-12(25)23-6-8-24(9-7-23)18-20-5-4-17(22-18)21-14-11-15(26-2)13(19)10-16(14)27-3/h4-5,10-11H,6-9H2,1-3H3,(H,20,21,22). The number of carbonyl (C=O) groups excluding carboxylic acids is 1. The molecule has 0 unspecified atom stereocenters. The number of nitrogens with one attached hydrogen (secondary N) is 1. The summed E-state index contributed by atoms with van der Waals surface area (Å²) in [6, 6.07) is 5.22. The largest absolute Gasteiger partial charge is 0.495 e. The van der Waals surface area contributed by atoms with E-state index in [0.717, 1.165) is 0 Å². The minimum absolute atomic E-state index is 0.0924. The molecule has 0 spiro atoms. The van der Waals surface area contributed by atoms with Crippen LogP contribution in [0, 0.1) is 0 Å². The topological polar surface area (TPSA) is 79.8 Å². The minimum atomic E-state index is 0.0924. The SMILES string of the molecule is COc1cc(Nc2ccnc(N3CCN(C(C)=O)CC3)n2)c(OC)cc1Cl. The minimum Gasteiger partial charge on any atom is -0.495 e. The number of anilines is 3. The van der Waals surface area contributed by atoms with E-state index in [1.54, 1.807) is 45.5 Å². The molecule has 1 saturated heterocycles. The van der Waals surface area contributed by atoms with Crippen LogP contribution in [-0.2, 0) is 4.79 Å². The summed E-state index contributed by atoms with van der Waals surface area (Å²) < 4.78 is 10.7. The van der Waals surface area contributed by atoms with Crippen LogP contribution in [0.5, 0.6) is 11.5 Å². The van der Waals surface area contributed by atoms with Gasteiger partial charge in [-0.25, -0.2) is 4.98 Å². The zero-order valence-electron chi connectivity index (χ0n) is 15.5. The number of hydrogen-bond donors (Lipinski definition) is 1.